The first-order valence-corrected chi connectivity index (χ1v) is 6.40. The molecule has 0 spiro atoms. The zero-order valence-corrected chi connectivity index (χ0v) is 11.6. The fourth-order valence-electron chi connectivity index (χ4n) is 1.82. The molecule has 0 radical (unpaired) electrons. The first kappa shape index (κ1) is 14.4. The number of esters is 1. The maximum Gasteiger partial charge on any atom is 0.334 e. The van der Waals surface area contributed by atoms with E-state index in [-0.39, 0.29) is 5.97 Å². The van der Waals surface area contributed by atoms with E-state index >= 15 is 0 Å². The van der Waals surface area contributed by atoms with Gasteiger partial charge in [-0.1, -0.05) is 13.3 Å². The van der Waals surface area contributed by atoms with Gasteiger partial charge in [-0.2, -0.15) is 0 Å². The van der Waals surface area contributed by atoms with Crippen LogP contribution in [0.1, 0.15) is 43.5 Å². The van der Waals surface area contributed by atoms with E-state index in [9.17, 15) is 4.79 Å². The fourth-order valence-corrected chi connectivity index (χ4v) is 1.82. The number of pyridine rings is 1. The number of carbonyl (C=O) groups excluding carboxylic acids is 1. The van der Waals surface area contributed by atoms with E-state index in [1.165, 1.54) is 0 Å². The van der Waals surface area contributed by atoms with E-state index in [2.05, 4.69) is 11.9 Å². The van der Waals surface area contributed by atoms with Crippen molar-refractivity contribution in [3.05, 3.63) is 34.7 Å². The molecular weight excluding hydrogens is 226 g/mol. The van der Waals surface area contributed by atoms with E-state index in [0.717, 1.165) is 35.2 Å². The quantitative estimate of drug-likeness (QED) is 0.591. The van der Waals surface area contributed by atoms with Crippen LogP contribution in [0.3, 0.4) is 0 Å². The van der Waals surface area contributed by atoms with Gasteiger partial charge in [-0.15, -0.1) is 0 Å². The van der Waals surface area contributed by atoms with E-state index in [1.807, 2.05) is 32.9 Å². The van der Waals surface area contributed by atoms with Crippen LogP contribution in [0.25, 0.3) is 6.08 Å². The van der Waals surface area contributed by atoms with Crippen LogP contribution in [0, 0.1) is 13.8 Å². The maximum absolute atomic E-state index is 11.8. The SMILES string of the molecule is CCC/C(=C\c1c(C)ccnc1C)C(=O)OCC. The standard InChI is InChI=1S/C15H21NO2/c1-5-7-13(15(17)18-6-2)10-14-11(3)8-9-16-12(14)4/h8-10H,5-7H2,1-4H3/b13-10+. The van der Waals surface area contributed by atoms with Gasteiger partial charge >= 0.3 is 5.97 Å². The summed E-state index contributed by atoms with van der Waals surface area (Å²) < 4.78 is 5.08. The Morgan fingerprint density at radius 1 is 1.39 bits per heavy atom. The molecule has 0 amide bonds. The van der Waals surface area contributed by atoms with Crippen molar-refractivity contribution in [2.45, 2.75) is 40.5 Å². The summed E-state index contributed by atoms with van der Waals surface area (Å²) in [4.78, 5) is 16.1. The molecule has 0 fully saturated rings. The zero-order valence-electron chi connectivity index (χ0n) is 11.6. The lowest BCUT2D eigenvalue weighted by Crippen LogP contribution is -2.08. The van der Waals surface area contributed by atoms with Gasteiger partial charge in [0.25, 0.3) is 0 Å². The second-order valence-electron chi connectivity index (χ2n) is 4.27. The van der Waals surface area contributed by atoms with Crippen molar-refractivity contribution in [3.63, 3.8) is 0 Å². The Morgan fingerprint density at radius 2 is 2.11 bits per heavy atom. The Bertz CT molecular complexity index is 430. The third-order valence-corrected chi connectivity index (χ3v) is 2.78. The van der Waals surface area contributed by atoms with Crippen molar-refractivity contribution in [1.29, 1.82) is 0 Å². The summed E-state index contributed by atoms with van der Waals surface area (Å²) in [5.41, 5.74) is 3.81. The highest BCUT2D eigenvalue weighted by Gasteiger charge is 2.11. The van der Waals surface area contributed by atoms with Gasteiger partial charge in [-0.3, -0.25) is 4.98 Å². The van der Waals surface area contributed by atoms with Crippen LogP contribution in [0.4, 0.5) is 0 Å². The second kappa shape index (κ2) is 6.94. The van der Waals surface area contributed by atoms with Crippen molar-refractivity contribution in [2.75, 3.05) is 6.61 Å². The second-order valence-corrected chi connectivity index (χ2v) is 4.27. The molecule has 1 aromatic heterocycles. The summed E-state index contributed by atoms with van der Waals surface area (Å²) in [5, 5.41) is 0. The molecule has 0 aliphatic rings. The highest BCUT2D eigenvalue weighted by atomic mass is 16.5. The number of nitrogens with zero attached hydrogens (tertiary/aromatic N) is 1. The molecule has 0 aromatic carbocycles. The van der Waals surface area contributed by atoms with Gasteiger partial charge in [0.1, 0.15) is 0 Å². The molecular formula is C15H21NO2. The van der Waals surface area contributed by atoms with Crippen molar-refractivity contribution >= 4 is 12.0 Å². The van der Waals surface area contributed by atoms with Crippen LogP contribution in [-0.4, -0.2) is 17.6 Å². The van der Waals surface area contributed by atoms with Crippen LogP contribution in [0.5, 0.6) is 0 Å². The van der Waals surface area contributed by atoms with E-state index in [1.54, 1.807) is 6.20 Å². The van der Waals surface area contributed by atoms with Crippen molar-refractivity contribution in [3.8, 4) is 0 Å². The predicted octanol–water partition coefficient (Wildman–Crippen LogP) is 3.45. The van der Waals surface area contributed by atoms with Gasteiger partial charge in [0.15, 0.2) is 0 Å². The molecule has 98 valence electrons. The molecule has 0 bridgehead atoms. The molecule has 1 aromatic rings. The number of aryl methyl sites for hydroxylation is 2. The highest BCUT2D eigenvalue weighted by molar-refractivity contribution is 5.94. The Morgan fingerprint density at radius 3 is 2.67 bits per heavy atom. The predicted molar refractivity (Wildman–Crippen MR) is 73.2 cm³/mol. The monoisotopic (exact) mass is 247 g/mol. The lowest BCUT2D eigenvalue weighted by molar-refractivity contribution is -0.138. The highest BCUT2D eigenvalue weighted by Crippen LogP contribution is 2.18. The number of ether oxygens (including phenoxy) is 1. The number of hydrogen-bond donors (Lipinski definition) is 0. The Kier molecular flexibility index (Phi) is 5.56. The molecule has 3 heteroatoms. The molecule has 1 heterocycles. The minimum atomic E-state index is -0.220. The summed E-state index contributed by atoms with van der Waals surface area (Å²) in [6.45, 7) is 8.26. The summed E-state index contributed by atoms with van der Waals surface area (Å²) in [5.74, 6) is -0.220. The molecule has 0 aliphatic heterocycles. The number of hydrogen-bond acceptors (Lipinski definition) is 3. The van der Waals surface area contributed by atoms with Gasteiger partial charge in [0.05, 0.1) is 6.61 Å². The third kappa shape index (κ3) is 3.69. The molecule has 18 heavy (non-hydrogen) atoms. The van der Waals surface area contributed by atoms with Crippen LogP contribution in [0.15, 0.2) is 17.8 Å². The van der Waals surface area contributed by atoms with Crippen LogP contribution in [-0.2, 0) is 9.53 Å². The fraction of sp³-hybridized carbons (Fsp3) is 0.467. The normalized spacial score (nSPS) is 11.4. The summed E-state index contributed by atoms with van der Waals surface area (Å²) in [6.07, 6.45) is 5.35. The summed E-state index contributed by atoms with van der Waals surface area (Å²) in [6, 6.07) is 1.95. The minimum Gasteiger partial charge on any atom is -0.463 e. The third-order valence-electron chi connectivity index (χ3n) is 2.78. The lowest BCUT2D eigenvalue weighted by Gasteiger charge is -2.08. The van der Waals surface area contributed by atoms with E-state index < -0.39 is 0 Å². The van der Waals surface area contributed by atoms with Gasteiger partial charge in [0, 0.05) is 17.5 Å². The maximum atomic E-state index is 11.8. The largest absolute Gasteiger partial charge is 0.463 e. The molecule has 0 aliphatic carbocycles. The molecule has 0 atom stereocenters. The first-order chi connectivity index (χ1) is 8.60. The average Bonchev–Trinajstić information content (AvgIpc) is 2.33. The summed E-state index contributed by atoms with van der Waals surface area (Å²) >= 11 is 0. The van der Waals surface area contributed by atoms with Crippen LogP contribution in [0.2, 0.25) is 0 Å². The lowest BCUT2D eigenvalue weighted by atomic mass is 10.0. The summed E-state index contributed by atoms with van der Waals surface area (Å²) in [7, 11) is 0. The molecule has 3 nitrogen and oxygen atoms in total. The smallest absolute Gasteiger partial charge is 0.334 e. The first-order valence-electron chi connectivity index (χ1n) is 6.40. The number of rotatable bonds is 5. The van der Waals surface area contributed by atoms with E-state index in [0.29, 0.717) is 6.61 Å². The molecule has 0 saturated heterocycles. The van der Waals surface area contributed by atoms with Gasteiger partial charge < -0.3 is 4.74 Å². The molecule has 0 N–H and O–H groups in total. The van der Waals surface area contributed by atoms with Crippen LogP contribution < -0.4 is 0 Å². The number of aromatic nitrogens is 1. The van der Waals surface area contributed by atoms with Gasteiger partial charge in [-0.05, 0) is 50.5 Å². The average molecular weight is 247 g/mol. The minimum absolute atomic E-state index is 0.220. The van der Waals surface area contributed by atoms with Crippen molar-refractivity contribution < 1.29 is 9.53 Å². The molecule has 1 rings (SSSR count). The van der Waals surface area contributed by atoms with Crippen molar-refractivity contribution in [2.24, 2.45) is 0 Å². The van der Waals surface area contributed by atoms with E-state index in [4.69, 9.17) is 4.74 Å². The van der Waals surface area contributed by atoms with Crippen molar-refractivity contribution in [1.82, 2.24) is 4.98 Å². The zero-order chi connectivity index (χ0) is 13.5. The topological polar surface area (TPSA) is 39.2 Å². The Hall–Kier alpha value is -1.64. The van der Waals surface area contributed by atoms with Gasteiger partial charge in [-0.25, -0.2) is 4.79 Å². The molecule has 0 saturated carbocycles. The van der Waals surface area contributed by atoms with Gasteiger partial charge in [0.2, 0.25) is 0 Å². The Labute approximate surface area is 109 Å². The number of carbonyl (C=O) groups is 1. The Balaban J connectivity index is 3.11. The van der Waals surface area contributed by atoms with Crippen LogP contribution >= 0.6 is 0 Å². The molecule has 0 unspecified atom stereocenters.